The van der Waals surface area contributed by atoms with Crippen molar-refractivity contribution in [2.45, 2.75) is 19.9 Å². The van der Waals surface area contributed by atoms with E-state index in [4.69, 9.17) is 0 Å². The van der Waals surface area contributed by atoms with Crippen LogP contribution in [0.5, 0.6) is 0 Å². The van der Waals surface area contributed by atoms with Gasteiger partial charge in [0.2, 0.25) is 0 Å². The fourth-order valence-electron chi connectivity index (χ4n) is 0.975. The summed E-state index contributed by atoms with van der Waals surface area (Å²) >= 11 is 3.24. The van der Waals surface area contributed by atoms with E-state index in [0.717, 1.165) is 4.47 Å². The molecule has 0 fully saturated rings. The molecular formula is C9H10BrNO2. The molecule has 1 aromatic rings. The average molecular weight is 244 g/mol. The minimum absolute atomic E-state index is 0.0276. The van der Waals surface area contributed by atoms with E-state index in [-0.39, 0.29) is 11.3 Å². The molecule has 0 N–H and O–H groups in total. The van der Waals surface area contributed by atoms with Crippen molar-refractivity contribution >= 4 is 21.7 Å². The zero-order valence-electron chi connectivity index (χ0n) is 7.45. The van der Waals surface area contributed by atoms with Gasteiger partial charge in [0.25, 0.3) is 5.56 Å². The lowest BCUT2D eigenvalue weighted by atomic mass is 10.2. The van der Waals surface area contributed by atoms with Crippen LogP contribution >= 0.6 is 15.9 Å². The van der Waals surface area contributed by atoms with Gasteiger partial charge >= 0.3 is 0 Å². The van der Waals surface area contributed by atoms with Gasteiger partial charge in [0.1, 0.15) is 0 Å². The van der Waals surface area contributed by atoms with Crippen LogP contribution in [0, 0.1) is 0 Å². The van der Waals surface area contributed by atoms with E-state index >= 15 is 0 Å². The Morgan fingerprint density at radius 1 is 1.54 bits per heavy atom. The first-order chi connectivity index (χ1) is 6.02. The van der Waals surface area contributed by atoms with Crippen LogP contribution in [0.1, 0.15) is 19.9 Å². The molecule has 0 bridgehead atoms. The summed E-state index contributed by atoms with van der Waals surface area (Å²) in [5.41, 5.74) is -0.161. The van der Waals surface area contributed by atoms with Gasteiger partial charge in [-0.25, -0.2) is 0 Å². The molecule has 0 saturated carbocycles. The largest absolute Gasteiger partial charge is 0.304 e. The van der Waals surface area contributed by atoms with Gasteiger partial charge < -0.3 is 4.57 Å². The first-order valence-corrected chi connectivity index (χ1v) is 4.70. The maximum Gasteiger partial charge on any atom is 0.251 e. The summed E-state index contributed by atoms with van der Waals surface area (Å²) in [6.07, 6.45) is 1.62. The number of aromatic nitrogens is 1. The summed E-state index contributed by atoms with van der Waals surface area (Å²) in [6.45, 7) is 3.17. The van der Waals surface area contributed by atoms with Crippen molar-refractivity contribution in [2.75, 3.05) is 0 Å². The van der Waals surface area contributed by atoms with Crippen molar-refractivity contribution in [3.8, 4) is 0 Å². The summed E-state index contributed by atoms with van der Waals surface area (Å²) in [5.74, 6) is -0.0276. The number of pyridine rings is 1. The maximum absolute atomic E-state index is 11.3. The molecule has 1 unspecified atom stereocenters. The maximum atomic E-state index is 11.3. The molecule has 4 heteroatoms. The molecule has 1 aromatic heterocycles. The minimum atomic E-state index is -0.398. The zero-order chi connectivity index (χ0) is 10.0. The SMILES string of the molecule is CC(=O)C(C)n1cc(Br)ccc1=O. The van der Waals surface area contributed by atoms with Gasteiger partial charge in [-0.15, -0.1) is 0 Å². The highest BCUT2D eigenvalue weighted by Gasteiger charge is 2.10. The standard InChI is InChI=1S/C9H10BrNO2/c1-6(7(2)12)11-5-8(10)3-4-9(11)13/h3-6H,1-2H3. The molecule has 3 nitrogen and oxygen atoms in total. The van der Waals surface area contributed by atoms with Gasteiger partial charge in [-0.3, -0.25) is 9.59 Å². The molecule has 0 aliphatic heterocycles. The molecule has 0 aliphatic rings. The van der Waals surface area contributed by atoms with Crippen molar-refractivity contribution in [3.05, 3.63) is 33.2 Å². The van der Waals surface area contributed by atoms with Gasteiger partial charge in [-0.2, -0.15) is 0 Å². The van der Waals surface area contributed by atoms with Crippen LogP contribution in [0.4, 0.5) is 0 Å². The summed E-state index contributed by atoms with van der Waals surface area (Å²) in [6, 6.07) is 2.69. The topological polar surface area (TPSA) is 39.1 Å². The third-order valence-electron chi connectivity index (χ3n) is 1.91. The second-order valence-electron chi connectivity index (χ2n) is 2.88. The van der Waals surface area contributed by atoms with Crippen molar-refractivity contribution < 1.29 is 4.79 Å². The van der Waals surface area contributed by atoms with Crippen molar-refractivity contribution in [1.82, 2.24) is 4.57 Å². The molecule has 70 valence electrons. The fraction of sp³-hybridized carbons (Fsp3) is 0.333. The lowest BCUT2D eigenvalue weighted by molar-refractivity contribution is -0.119. The third-order valence-corrected chi connectivity index (χ3v) is 2.38. The molecule has 0 aliphatic carbocycles. The second-order valence-corrected chi connectivity index (χ2v) is 3.80. The van der Waals surface area contributed by atoms with Crippen LogP contribution in [-0.2, 0) is 4.79 Å². The molecular weight excluding hydrogens is 234 g/mol. The van der Waals surface area contributed by atoms with Crippen LogP contribution in [0.15, 0.2) is 27.6 Å². The average Bonchev–Trinajstić information content (AvgIpc) is 2.08. The van der Waals surface area contributed by atoms with E-state index in [2.05, 4.69) is 15.9 Å². The van der Waals surface area contributed by atoms with Crippen LogP contribution in [0.25, 0.3) is 0 Å². The Balaban J connectivity index is 3.21. The molecule has 1 atom stereocenters. The quantitative estimate of drug-likeness (QED) is 0.795. The smallest absolute Gasteiger partial charge is 0.251 e. The normalized spacial score (nSPS) is 12.5. The van der Waals surface area contributed by atoms with E-state index in [9.17, 15) is 9.59 Å². The fourth-order valence-corrected chi connectivity index (χ4v) is 1.33. The van der Waals surface area contributed by atoms with Crippen LogP contribution in [0.2, 0.25) is 0 Å². The number of ketones is 1. The molecule has 0 radical (unpaired) electrons. The zero-order valence-corrected chi connectivity index (χ0v) is 9.04. The second kappa shape index (κ2) is 3.87. The summed E-state index contributed by atoms with van der Waals surface area (Å²) in [4.78, 5) is 22.3. The van der Waals surface area contributed by atoms with Gasteiger partial charge in [-0.05, 0) is 35.8 Å². The molecule has 0 saturated heterocycles. The summed E-state index contributed by atoms with van der Waals surface area (Å²) < 4.78 is 2.20. The van der Waals surface area contributed by atoms with E-state index in [1.807, 2.05) is 0 Å². The highest BCUT2D eigenvalue weighted by molar-refractivity contribution is 9.10. The predicted molar refractivity (Wildman–Crippen MR) is 53.8 cm³/mol. The highest BCUT2D eigenvalue weighted by atomic mass is 79.9. The van der Waals surface area contributed by atoms with Crippen molar-refractivity contribution in [3.63, 3.8) is 0 Å². The van der Waals surface area contributed by atoms with E-state index in [1.165, 1.54) is 17.6 Å². The van der Waals surface area contributed by atoms with Gasteiger partial charge in [-0.1, -0.05) is 0 Å². The van der Waals surface area contributed by atoms with E-state index < -0.39 is 6.04 Å². The number of hydrogen-bond donors (Lipinski definition) is 0. The Labute approximate surface area is 84.5 Å². The third kappa shape index (κ3) is 2.28. The number of Topliss-reactive ketones (excluding diaryl/α,β-unsaturated/α-hetero) is 1. The molecule has 13 heavy (non-hydrogen) atoms. The molecule has 1 rings (SSSR count). The Hall–Kier alpha value is -0.900. The Kier molecular flexibility index (Phi) is 3.03. The number of nitrogens with zero attached hydrogens (tertiary/aromatic N) is 1. The number of rotatable bonds is 2. The van der Waals surface area contributed by atoms with Crippen LogP contribution in [-0.4, -0.2) is 10.4 Å². The number of halogens is 1. The van der Waals surface area contributed by atoms with Crippen molar-refractivity contribution in [1.29, 1.82) is 0 Å². The van der Waals surface area contributed by atoms with Gasteiger partial charge in [0.05, 0.1) is 6.04 Å². The number of carbonyl (C=O) groups is 1. The monoisotopic (exact) mass is 243 g/mol. The van der Waals surface area contributed by atoms with E-state index in [0.29, 0.717) is 0 Å². The first-order valence-electron chi connectivity index (χ1n) is 3.90. The van der Waals surface area contributed by atoms with E-state index in [1.54, 1.807) is 19.2 Å². The molecule has 0 aromatic carbocycles. The Bertz CT molecular complexity index is 383. The number of hydrogen-bond acceptors (Lipinski definition) is 2. The van der Waals surface area contributed by atoms with Crippen LogP contribution < -0.4 is 5.56 Å². The Morgan fingerprint density at radius 3 is 2.69 bits per heavy atom. The highest BCUT2D eigenvalue weighted by Crippen LogP contribution is 2.09. The van der Waals surface area contributed by atoms with Gasteiger partial charge in [0, 0.05) is 16.7 Å². The lowest BCUT2D eigenvalue weighted by Crippen LogP contribution is -2.25. The first kappa shape index (κ1) is 10.2. The van der Waals surface area contributed by atoms with Crippen LogP contribution in [0.3, 0.4) is 0 Å². The van der Waals surface area contributed by atoms with Crippen molar-refractivity contribution in [2.24, 2.45) is 0 Å². The lowest BCUT2D eigenvalue weighted by Gasteiger charge is -2.11. The molecule has 0 spiro atoms. The van der Waals surface area contributed by atoms with Gasteiger partial charge in [0.15, 0.2) is 5.78 Å². The number of carbonyl (C=O) groups excluding carboxylic acids is 1. The molecule has 1 heterocycles. The summed E-state index contributed by atoms with van der Waals surface area (Å²) in [7, 11) is 0. The summed E-state index contributed by atoms with van der Waals surface area (Å²) in [5, 5.41) is 0. The predicted octanol–water partition coefficient (Wildman–Crippen LogP) is 1.76. The Morgan fingerprint density at radius 2 is 2.15 bits per heavy atom. The molecule has 0 amide bonds. The minimum Gasteiger partial charge on any atom is -0.304 e.